The second kappa shape index (κ2) is 6.06. The summed E-state index contributed by atoms with van der Waals surface area (Å²) in [6.45, 7) is 4.00. The van der Waals surface area contributed by atoms with Crippen LogP contribution in [0.1, 0.15) is 16.7 Å². The molecule has 1 aliphatic heterocycles. The van der Waals surface area contributed by atoms with Gasteiger partial charge in [-0.25, -0.2) is 0 Å². The Kier molecular flexibility index (Phi) is 3.97. The summed E-state index contributed by atoms with van der Waals surface area (Å²) in [5.41, 5.74) is 3.96. The molecule has 0 amide bonds. The van der Waals surface area contributed by atoms with Crippen molar-refractivity contribution < 1.29 is 4.74 Å². The van der Waals surface area contributed by atoms with Gasteiger partial charge in [-0.05, 0) is 49.2 Å². The minimum atomic E-state index is 0.268. The molecule has 3 heteroatoms. The van der Waals surface area contributed by atoms with E-state index >= 15 is 0 Å². The standard InChI is InChI=1S/C17H20N2O/c1-13-2-3-17-15(10-13)11-16(20-17)12-19-9-6-14-4-7-18-8-5-14/h2-5,7-8,10,16,19H,6,9,11-12H2,1H3. The highest BCUT2D eigenvalue weighted by Crippen LogP contribution is 2.29. The van der Waals surface area contributed by atoms with Gasteiger partial charge in [-0.1, -0.05) is 17.7 Å². The lowest BCUT2D eigenvalue weighted by Crippen LogP contribution is -2.31. The number of hydrogen-bond acceptors (Lipinski definition) is 3. The topological polar surface area (TPSA) is 34.2 Å². The van der Waals surface area contributed by atoms with Crippen LogP contribution in [-0.2, 0) is 12.8 Å². The number of aromatic nitrogens is 1. The maximum Gasteiger partial charge on any atom is 0.123 e. The van der Waals surface area contributed by atoms with Crippen molar-refractivity contribution in [2.24, 2.45) is 0 Å². The van der Waals surface area contributed by atoms with Crippen molar-refractivity contribution in [1.29, 1.82) is 0 Å². The fourth-order valence-electron chi connectivity index (χ4n) is 2.61. The van der Waals surface area contributed by atoms with Gasteiger partial charge in [-0.3, -0.25) is 4.98 Å². The lowest BCUT2D eigenvalue weighted by molar-refractivity contribution is 0.228. The van der Waals surface area contributed by atoms with Crippen LogP contribution in [0, 0.1) is 6.92 Å². The first-order valence-corrected chi connectivity index (χ1v) is 7.17. The van der Waals surface area contributed by atoms with Gasteiger partial charge in [0, 0.05) is 25.4 Å². The molecule has 104 valence electrons. The average Bonchev–Trinajstić information content (AvgIpc) is 2.86. The van der Waals surface area contributed by atoms with Crippen LogP contribution >= 0.6 is 0 Å². The first-order valence-electron chi connectivity index (χ1n) is 7.17. The molecular formula is C17H20N2O. The third-order valence-electron chi connectivity index (χ3n) is 3.67. The number of nitrogens with zero attached hydrogens (tertiary/aromatic N) is 1. The van der Waals surface area contributed by atoms with Gasteiger partial charge in [0.15, 0.2) is 0 Å². The molecular weight excluding hydrogens is 248 g/mol. The minimum absolute atomic E-state index is 0.268. The van der Waals surface area contributed by atoms with Crippen LogP contribution in [0.15, 0.2) is 42.7 Å². The fraction of sp³-hybridized carbons (Fsp3) is 0.353. The van der Waals surface area contributed by atoms with E-state index in [-0.39, 0.29) is 6.10 Å². The summed E-state index contributed by atoms with van der Waals surface area (Å²) in [6.07, 6.45) is 5.99. The molecule has 1 aromatic carbocycles. The van der Waals surface area contributed by atoms with Crippen LogP contribution in [0.4, 0.5) is 0 Å². The Bertz CT molecular complexity index is 568. The van der Waals surface area contributed by atoms with E-state index in [0.717, 1.165) is 31.7 Å². The van der Waals surface area contributed by atoms with Gasteiger partial charge in [0.25, 0.3) is 0 Å². The predicted molar refractivity (Wildman–Crippen MR) is 80.1 cm³/mol. The largest absolute Gasteiger partial charge is 0.488 e. The maximum absolute atomic E-state index is 5.94. The van der Waals surface area contributed by atoms with Gasteiger partial charge >= 0.3 is 0 Å². The zero-order valence-electron chi connectivity index (χ0n) is 11.8. The van der Waals surface area contributed by atoms with Gasteiger partial charge < -0.3 is 10.1 Å². The second-order valence-electron chi connectivity index (χ2n) is 5.36. The molecule has 1 unspecified atom stereocenters. The highest BCUT2D eigenvalue weighted by molar-refractivity contribution is 5.40. The monoisotopic (exact) mass is 268 g/mol. The highest BCUT2D eigenvalue weighted by Gasteiger charge is 2.22. The van der Waals surface area contributed by atoms with Gasteiger partial charge in [0.05, 0.1) is 0 Å². The van der Waals surface area contributed by atoms with Crippen LogP contribution in [0.2, 0.25) is 0 Å². The molecule has 3 rings (SSSR count). The quantitative estimate of drug-likeness (QED) is 0.846. The van der Waals surface area contributed by atoms with Gasteiger partial charge in [-0.2, -0.15) is 0 Å². The molecule has 1 N–H and O–H groups in total. The van der Waals surface area contributed by atoms with Crippen molar-refractivity contribution in [1.82, 2.24) is 10.3 Å². The number of hydrogen-bond donors (Lipinski definition) is 1. The molecule has 3 nitrogen and oxygen atoms in total. The molecule has 0 fully saturated rings. The summed E-state index contributed by atoms with van der Waals surface area (Å²) < 4.78 is 5.94. The second-order valence-corrected chi connectivity index (χ2v) is 5.36. The lowest BCUT2D eigenvalue weighted by atomic mass is 10.1. The Morgan fingerprint density at radius 3 is 2.95 bits per heavy atom. The van der Waals surface area contributed by atoms with Crippen molar-refractivity contribution in [2.75, 3.05) is 13.1 Å². The van der Waals surface area contributed by atoms with Crippen molar-refractivity contribution in [3.05, 3.63) is 59.4 Å². The lowest BCUT2D eigenvalue weighted by Gasteiger charge is -2.11. The molecule has 20 heavy (non-hydrogen) atoms. The van der Waals surface area contributed by atoms with Crippen molar-refractivity contribution in [2.45, 2.75) is 25.9 Å². The van der Waals surface area contributed by atoms with E-state index in [2.05, 4.69) is 47.6 Å². The highest BCUT2D eigenvalue weighted by atomic mass is 16.5. The molecule has 0 radical (unpaired) electrons. The summed E-state index contributed by atoms with van der Waals surface area (Å²) in [7, 11) is 0. The fourth-order valence-corrected chi connectivity index (χ4v) is 2.61. The smallest absolute Gasteiger partial charge is 0.123 e. The average molecular weight is 268 g/mol. The Morgan fingerprint density at radius 2 is 2.10 bits per heavy atom. The Hall–Kier alpha value is -1.87. The number of ether oxygens (including phenoxy) is 1. The van der Waals surface area contributed by atoms with Crippen LogP contribution in [-0.4, -0.2) is 24.2 Å². The minimum Gasteiger partial charge on any atom is -0.488 e. The summed E-state index contributed by atoms with van der Waals surface area (Å²) in [4.78, 5) is 4.03. The SMILES string of the molecule is Cc1ccc2c(c1)CC(CNCCc1ccncc1)O2. The van der Waals surface area contributed by atoms with Crippen molar-refractivity contribution in [3.8, 4) is 5.75 Å². The predicted octanol–water partition coefficient (Wildman–Crippen LogP) is 2.53. The van der Waals surface area contributed by atoms with E-state index in [1.165, 1.54) is 16.7 Å². The van der Waals surface area contributed by atoms with E-state index in [9.17, 15) is 0 Å². The van der Waals surface area contributed by atoms with E-state index in [4.69, 9.17) is 4.74 Å². The molecule has 2 heterocycles. The third kappa shape index (κ3) is 3.17. The van der Waals surface area contributed by atoms with E-state index in [1.807, 2.05) is 12.4 Å². The molecule has 1 aromatic heterocycles. The van der Waals surface area contributed by atoms with Crippen LogP contribution < -0.4 is 10.1 Å². The van der Waals surface area contributed by atoms with Crippen molar-refractivity contribution >= 4 is 0 Å². The van der Waals surface area contributed by atoms with E-state index < -0.39 is 0 Å². The van der Waals surface area contributed by atoms with Gasteiger partial charge in [0.1, 0.15) is 11.9 Å². The first-order chi connectivity index (χ1) is 9.81. The summed E-state index contributed by atoms with van der Waals surface area (Å²) in [5.74, 6) is 1.05. The Balaban J connectivity index is 1.43. The van der Waals surface area contributed by atoms with Gasteiger partial charge in [-0.15, -0.1) is 0 Å². The summed E-state index contributed by atoms with van der Waals surface area (Å²) >= 11 is 0. The number of fused-ring (bicyclic) bond motifs is 1. The van der Waals surface area contributed by atoms with Crippen molar-refractivity contribution in [3.63, 3.8) is 0 Å². The number of nitrogens with one attached hydrogen (secondary N) is 1. The van der Waals surface area contributed by atoms with Gasteiger partial charge in [0.2, 0.25) is 0 Å². The summed E-state index contributed by atoms with van der Waals surface area (Å²) in [5, 5.41) is 3.48. The number of aryl methyl sites for hydroxylation is 1. The molecule has 0 saturated carbocycles. The zero-order chi connectivity index (χ0) is 13.8. The van der Waals surface area contributed by atoms with Crippen LogP contribution in [0.3, 0.4) is 0 Å². The maximum atomic E-state index is 5.94. The molecule has 0 aliphatic carbocycles. The molecule has 0 saturated heterocycles. The Labute approximate surface area is 120 Å². The zero-order valence-corrected chi connectivity index (χ0v) is 11.8. The van der Waals surface area contributed by atoms with Crippen LogP contribution in [0.5, 0.6) is 5.75 Å². The van der Waals surface area contributed by atoms with Crippen LogP contribution in [0.25, 0.3) is 0 Å². The number of benzene rings is 1. The molecule has 1 aliphatic rings. The van der Waals surface area contributed by atoms with E-state index in [0.29, 0.717) is 0 Å². The Morgan fingerprint density at radius 1 is 1.25 bits per heavy atom. The molecule has 0 bridgehead atoms. The molecule has 0 spiro atoms. The number of pyridine rings is 1. The third-order valence-corrected chi connectivity index (χ3v) is 3.67. The van der Waals surface area contributed by atoms with E-state index in [1.54, 1.807) is 0 Å². The normalized spacial score (nSPS) is 16.8. The molecule has 2 aromatic rings. The molecule has 1 atom stereocenters. The first kappa shape index (κ1) is 13.1. The summed E-state index contributed by atoms with van der Waals surface area (Å²) in [6, 6.07) is 10.5. The number of rotatable bonds is 5.